The second-order valence-electron chi connectivity index (χ2n) is 4.28. The third kappa shape index (κ3) is 3.49. The highest BCUT2D eigenvalue weighted by molar-refractivity contribution is 7.80. The molecule has 0 spiro atoms. The van der Waals surface area contributed by atoms with Crippen molar-refractivity contribution >= 4 is 28.9 Å². The third-order valence-electron chi connectivity index (χ3n) is 2.51. The summed E-state index contributed by atoms with van der Waals surface area (Å²) in [6.45, 7) is 5.71. The third-order valence-corrected chi connectivity index (χ3v) is 2.76. The summed E-state index contributed by atoms with van der Waals surface area (Å²) in [5.74, 6) is -0.0448. The number of aromatic nitrogens is 1. The molecule has 92 valence electrons. The summed E-state index contributed by atoms with van der Waals surface area (Å²) in [4.78, 5) is 16.3. The molecule has 1 atom stereocenters. The fraction of sp³-hybridized carbons (Fsp3) is 0.417. The van der Waals surface area contributed by atoms with Crippen LogP contribution in [0.2, 0.25) is 0 Å². The highest BCUT2D eigenvalue weighted by Gasteiger charge is 2.25. The van der Waals surface area contributed by atoms with Gasteiger partial charge < -0.3 is 11.1 Å². The zero-order chi connectivity index (χ0) is 13.0. The maximum absolute atomic E-state index is 12.0. The molecule has 5 heteroatoms. The van der Waals surface area contributed by atoms with Crippen molar-refractivity contribution in [3.05, 3.63) is 23.9 Å². The fourth-order valence-corrected chi connectivity index (χ4v) is 1.95. The SMILES string of the molecule is Cc1cccnc1NC(=O)C(C(N)=S)C(C)C. The van der Waals surface area contributed by atoms with Crippen LogP contribution in [0.1, 0.15) is 19.4 Å². The van der Waals surface area contributed by atoms with Crippen LogP contribution in [0.5, 0.6) is 0 Å². The van der Waals surface area contributed by atoms with E-state index in [-0.39, 0.29) is 16.8 Å². The van der Waals surface area contributed by atoms with E-state index in [4.69, 9.17) is 18.0 Å². The molecule has 1 heterocycles. The Morgan fingerprint density at radius 3 is 2.65 bits per heavy atom. The van der Waals surface area contributed by atoms with Gasteiger partial charge in [-0.15, -0.1) is 0 Å². The molecule has 0 aliphatic rings. The molecule has 4 nitrogen and oxygen atoms in total. The molecule has 0 saturated carbocycles. The first-order valence-corrected chi connectivity index (χ1v) is 5.86. The smallest absolute Gasteiger partial charge is 0.235 e. The van der Waals surface area contributed by atoms with Crippen molar-refractivity contribution in [3.8, 4) is 0 Å². The van der Waals surface area contributed by atoms with Gasteiger partial charge in [-0.25, -0.2) is 4.98 Å². The summed E-state index contributed by atoms with van der Waals surface area (Å²) in [6.07, 6.45) is 1.63. The van der Waals surface area contributed by atoms with Gasteiger partial charge in [0.2, 0.25) is 5.91 Å². The summed E-state index contributed by atoms with van der Waals surface area (Å²) in [5.41, 5.74) is 6.49. The van der Waals surface area contributed by atoms with Crippen LogP contribution in [0.25, 0.3) is 0 Å². The number of rotatable bonds is 4. The Hall–Kier alpha value is -1.49. The lowest BCUT2D eigenvalue weighted by atomic mass is 9.95. The van der Waals surface area contributed by atoms with Crippen molar-refractivity contribution in [1.29, 1.82) is 0 Å². The van der Waals surface area contributed by atoms with Gasteiger partial charge >= 0.3 is 0 Å². The summed E-state index contributed by atoms with van der Waals surface area (Å²) in [6, 6.07) is 3.70. The molecule has 17 heavy (non-hydrogen) atoms. The quantitative estimate of drug-likeness (QED) is 0.802. The first kappa shape index (κ1) is 13.6. The van der Waals surface area contributed by atoms with E-state index < -0.39 is 5.92 Å². The van der Waals surface area contributed by atoms with Crippen molar-refractivity contribution in [3.63, 3.8) is 0 Å². The van der Waals surface area contributed by atoms with E-state index >= 15 is 0 Å². The van der Waals surface area contributed by atoms with E-state index in [9.17, 15) is 4.79 Å². The van der Waals surface area contributed by atoms with Gasteiger partial charge in [-0.05, 0) is 24.5 Å². The molecule has 0 fully saturated rings. The zero-order valence-electron chi connectivity index (χ0n) is 10.2. The monoisotopic (exact) mass is 251 g/mol. The normalized spacial score (nSPS) is 12.2. The minimum Gasteiger partial charge on any atom is -0.393 e. The van der Waals surface area contributed by atoms with E-state index in [1.165, 1.54) is 0 Å². The van der Waals surface area contributed by atoms with Gasteiger partial charge in [0.25, 0.3) is 0 Å². The molecular weight excluding hydrogens is 234 g/mol. The van der Waals surface area contributed by atoms with Crippen molar-refractivity contribution < 1.29 is 4.79 Å². The van der Waals surface area contributed by atoms with E-state index in [1.807, 2.05) is 32.9 Å². The lowest BCUT2D eigenvalue weighted by Crippen LogP contribution is -2.37. The molecule has 0 aliphatic heterocycles. The first-order chi connectivity index (χ1) is 7.93. The average molecular weight is 251 g/mol. The highest BCUT2D eigenvalue weighted by atomic mass is 32.1. The number of nitrogens with one attached hydrogen (secondary N) is 1. The molecule has 1 aromatic rings. The van der Waals surface area contributed by atoms with Crippen LogP contribution in [-0.4, -0.2) is 15.9 Å². The van der Waals surface area contributed by atoms with Gasteiger partial charge in [-0.3, -0.25) is 4.79 Å². The Kier molecular flexibility index (Phi) is 4.57. The van der Waals surface area contributed by atoms with E-state index in [2.05, 4.69) is 10.3 Å². The number of nitrogens with two attached hydrogens (primary N) is 1. The van der Waals surface area contributed by atoms with Crippen molar-refractivity contribution in [2.75, 3.05) is 5.32 Å². The minimum absolute atomic E-state index is 0.0662. The van der Waals surface area contributed by atoms with Gasteiger partial charge in [0, 0.05) is 6.20 Å². The Bertz CT molecular complexity index is 432. The lowest BCUT2D eigenvalue weighted by Gasteiger charge is -2.18. The fourth-order valence-electron chi connectivity index (χ4n) is 1.57. The van der Waals surface area contributed by atoms with Crippen LogP contribution >= 0.6 is 12.2 Å². The van der Waals surface area contributed by atoms with Gasteiger partial charge in [-0.1, -0.05) is 32.1 Å². The molecular formula is C12H17N3OS. The van der Waals surface area contributed by atoms with Crippen molar-refractivity contribution in [2.24, 2.45) is 17.6 Å². The number of thiocarbonyl (C=S) groups is 1. The Morgan fingerprint density at radius 2 is 2.18 bits per heavy atom. The first-order valence-electron chi connectivity index (χ1n) is 5.45. The van der Waals surface area contributed by atoms with Crippen molar-refractivity contribution in [1.82, 2.24) is 4.98 Å². The van der Waals surface area contributed by atoms with Gasteiger partial charge in [0.1, 0.15) is 5.82 Å². The number of carbonyl (C=O) groups is 1. The number of aryl methyl sites for hydroxylation is 1. The Balaban J connectivity index is 2.85. The number of pyridine rings is 1. The molecule has 0 bridgehead atoms. The number of carbonyl (C=O) groups excluding carboxylic acids is 1. The molecule has 1 unspecified atom stereocenters. The van der Waals surface area contributed by atoms with Crippen molar-refractivity contribution in [2.45, 2.75) is 20.8 Å². The molecule has 3 N–H and O–H groups in total. The molecule has 0 aromatic carbocycles. The van der Waals surface area contributed by atoms with Crippen LogP contribution < -0.4 is 11.1 Å². The lowest BCUT2D eigenvalue weighted by molar-refractivity contribution is -0.118. The predicted molar refractivity (Wildman–Crippen MR) is 72.7 cm³/mol. The summed E-state index contributed by atoms with van der Waals surface area (Å²) in [5, 5.41) is 2.76. The van der Waals surface area contributed by atoms with Crippen LogP contribution in [-0.2, 0) is 4.79 Å². The summed E-state index contributed by atoms with van der Waals surface area (Å²) >= 11 is 4.92. The largest absolute Gasteiger partial charge is 0.393 e. The molecule has 1 rings (SSSR count). The van der Waals surface area contributed by atoms with Gasteiger partial charge in [0.15, 0.2) is 0 Å². The van der Waals surface area contributed by atoms with E-state index in [1.54, 1.807) is 6.20 Å². The highest BCUT2D eigenvalue weighted by Crippen LogP contribution is 2.16. The van der Waals surface area contributed by atoms with Crippen LogP contribution in [0, 0.1) is 18.8 Å². The van der Waals surface area contributed by atoms with Crippen LogP contribution in [0.4, 0.5) is 5.82 Å². The number of hydrogen-bond acceptors (Lipinski definition) is 3. The van der Waals surface area contributed by atoms with Gasteiger partial charge in [0.05, 0.1) is 10.9 Å². The average Bonchev–Trinajstić information content (AvgIpc) is 2.20. The van der Waals surface area contributed by atoms with Crippen LogP contribution in [0.15, 0.2) is 18.3 Å². The summed E-state index contributed by atoms with van der Waals surface area (Å²) in [7, 11) is 0. The molecule has 1 amide bonds. The number of nitrogens with zero attached hydrogens (tertiary/aromatic N) is 1. The standard InChI is InChI=1S/C12H17N3OS/c1-7(2)9(10(13)17)12(16)15-11-8(3)5-4-6-14-11/h4-7,9H,1-3H3,(H2,13,17)(H,14,15,16). The minimum atomic E-state index is -0.466. The maximum Gasteiger partial charge on any atom is 0.235 e. The number of anilines is 1. The topological polar surface area (TPSA) is 68.0 Å². The van der Waals surface area contributed by atoms with E-state index in [0.717, 1.165) is 5.56 Å². The Morgan fingerprint density at radius 1 is 1.53 bits per heavy atom. The van der Waals surface area contributed by atoms with Crippen LogP contribution in [0.3, 0.4) is 0 Å². The predicted octanol–water partition coefficient (Wildman–Crippen LogP) is 1.89. The second-order valence-corrected chi connectivity index (χ2v) is 4.75. The number of amides is 1. The zero-order valence-corrected chi connectivity index (χ0v) is 11.0. The number of hydrogen-bond donors (Lipinski definition) is 2. The Labute approximate surface area is 107 Å². The molecule has 0 saturated heterocycles. The molecule has 0 radical (unpaired) electrons. The summed E-state index contributed by atoms with van der Waals surface area (Å²) < 4.78 is 0. The molecule has 0 aliphatic carbocycles. The second kappa shape index (κ2) is 5.72. The van der Waals surface area contributed by atoms with Gasteiger partial charge in [-0.2, -0.15) is 0 Å². The maximum atomic E-state index is 12.0. The van der Waals surface area contributed by atoms with E-state index in [0.29, 0.717) is 5.82 Å². The molecule has 1 aromatic heterocycles.